The molecule has 0 fully saturated rings. The number of fused-ring (bicyclic) bond motifs is 1. The molecule has 3 rings (SSSR count). The van der Waals surface area contributed by atoms with Crippen LogP contribution in [-0.2, 0) is 11.2 Å². The van der Waals surface area contributed by atoms with Crippen LogP contribution in [0.15, 0.2) is 30.9 Å². The van der Waals surface area contributed by atoms with Gasteiger partial charge in [0.05, 0.1) is 18.0 Å². The minimum Gasteiger partial charge on any atom is -0.544 e. The SMILES string of the molecule is O=C([O-])[C@@H]1Cc2[nH]cnc2[C@H](c2cccnc2)[NH2+]1. The summed E-state index contributed by atoms with van der Waals surface area (Å²) in [6.07, 6.45) is 5.43. The van der Waals surface area contributed by atoms with E-state index < -0.39 is 12.0 Å². The molecule has 0 aromatic carbocycles. The van der Waals surface area contributed by atoms with Gasteiger partial charge < -0.3 is 20.2 Å². The monoisotopic (exact) mass is 244 g/mol. The van der Waals surface area contributed by atoms with E-state index in [2.05, 4.69) is 15.0 Å². The molecule has 1 aliphatic rings. The molecular formula is C12H12N4O2. The van der Waals surface area contributed by atoms with E-state index in [1.807, 2.05) is 12.1 Å². The van der Waals surface area contributed by atoms with Crippen LogP contribution in [0.1, 0.15) is 23.0 Å². The first-order valence-electron chi connectivity index (χ1n) is 5.73. The quantitative estimate of drug-likeness (QED) is 0.646. The zero-order valence-corrected chi connectivity index (χ0v) is 9.54. The van der Waals surface area contributed by atoms with Crippen molar-refractivity contribution in [3.05, 3.63) is 47.8 Å². The Bertz CT molecular complexity index is 566. The molecule has 2 aromatic heterocycles. The summed E-state index contributed by atoms with van der Waals surface area (Å²) >= 11 is 0. The first kappa shape index (κ1) is 10.9. The van der Waals surface area contributed by atoms with Crippen molar-refractivity contribution in [2.45, 2.75) is 18.5 Å². The molecule has 1 aliphatic heterocycles. The molecule has 3 heterocycles. The lowest BCUT2D eigenvalue weighted by Gasteiger charge is -2.27. The number of hydrogen-bond donors (Lipinski definition) is 2. The number of rotatable bonds is 2. The number of pyridine rings is 1. The minimum absolute atomic E-state index is 0.142. The number of aliphatic carboxylic acids is 1. The molecule has 18 heavy (non-hydrogen) atoms. The van der Waals surface area contributed by atoms with E-state index in [0.717, 1.165) is 17.0 Å². The highest BCUT2D eigenvalue weighted by Gasteiger charge is 2.34. The number of imidazole rings is 1. The first-order valence-corrected chi connectivity index (χ1v) is 5.73. The van der Waals surface area contributed by atoms with Gasteiger partial charge in [0.15, 0.2) is 6.04 Å². The lowest BCUT2D eigenvalue weighted by molar-refractivity contribution is -0.717. The average molecular weight is 244 g/mol. The highest BCUT2D eigenvalue weighted by Crippen LogP contribution is 2.22. The third-order valence-electron chi connectivity index (χ3n) is 3.24. The number of carbonyl (C=O) groups excluding carboxylic acids is 1. The van der Waals surface area contributed by atoms with E-state index in [0.29, 0.717) is 6.42 Å². The zero-order valence-electron chi connectivity index (χ0n) is 9.54. The van der Waals surface area contributed by atoms with Crippen molar-refractivity contribution in [1.82, 2.24) is 15.0 Å². The van der Waals surface area contributed by atoms with Gasteiger partial charge in [-0.1, -0.05) is 0 Å². The first-order chi connectivity index (χ1) is 8.75. The Morgan fingerprint density at radius 3 is 3.17 bits per heavy atom. The van der Waals surface area contributed by atoms with E-state index in [1.165, 1.54) is 0 Å². The summed E-state index contributed by atoms with van der Waals surface area (Å²) in [5.74, 6) is -1.05. The molecule has 0 amide bonds. The normalized spacial score (nSPS) is 22.4. The van der Waals surface area contributed by atoms with Crippen molar-refractivity contribution in [2.75, 3.05) is 0 Å². The fraction of sp³-hybridized carbons (Fsp3) is 0.250. The summed E-state index contributed by atoms with van der Waals surface area (Å²) < 4.78 is 0. The third kappa shape index (κ3) is 1.76. The van der Waals surface area contributed by atoms with Crippen LogP contribution >= 0.6 is 0 Å². The second-order valence-electron chi connectivity index (χ2n) is 4.35. The molecule has 0 spiro atoms. The highest BCUT2D eigenvalue weighted by atomic mass is 16.4. The summed E-state index contributed by atoms with van der Waals surface area (Å²) in [5.41, 5.74) is 2.68. The number of quaternary nitrogens is 1. The van der Waals surface area contributed by atoms with Gasteiger partial charge in [0.1, 0.15) is 11.7 Å². The summed E-state index contributed by atoms with van der Waals surface area (Å²) in [4.78, 5) is 22.4. The van der Waals surface area contributed by atoms with Crippen molar-refractivity contribution in [3.8, 4) is 0 Å². The molecule has 0 saturated carbocycles. The number of H-pyrrole nitrogens is 1. The Morgan fingerprint density at radius 1 is 1.56 bits per heavy atom. The van der Waals surface area contributed by atoms with Crippen LogP contribution in [0.25, 0.3) is 0 Å². The van der Waals surface area contributed by atoms with Gasteiger partial charge in [-0.2, -0.15) is 0 Å². The van der Waals surface area contributed by atoms with Crippen molar-refractivity contribution in [1.29, 1.82) is 0 Å². The van der Waals surface area contributed by atoms with Crippen LogP contribution in [0.4, 0.5) is 0 Å². The maximum absolute atomic E-state index is 11.1. The van der Waals surface area contributed by atoms with Crippen LogP contribution in [-0.4, -0.2) is 27.0 Å². The molecule has 0 saturated heterocycles. The number of carboxylic acids is 1. The molecule has 0 radical (unpaired) electrons. The smallest absolute Gasteiger partial charge is 0.158 e. The number of aromatic amines is 1. The number of hydrogen-bond acceptors (Lipinski definition) is 4. The Kier molecular flexibility index (Phi) is 2.56. The predicted octanol–water partition coefficient (Wildman–Crippen LogP) is -1.87. The molecule has 92 valence electrons. The number of nitrogens with two attached hydrogens (primary N) is 1. The van der Waals surface area contributed by atoms with Crippen molar-refractivity contribution in [3.63, 3.8) is 0 Å². The van der Waals surface area contributed by atoms with Gasteiger partial charge in [-0.05, 0) is 12.1 Å². The summed E-state index contributed by atoms with van der Waals surface area (Å²) in [6.45, 7) is 0. The van der Waals surface area contributed by atoms with Gasteiger partial charge in [0.25, 0.3) is 0 Å². The Morgan fingerprint density at radius 2 is 2.44 bits per heavy atom. The molecule has 6 nitrogen and oxygen atoms in total. The topological polar surface area (TPSA) is 98.3 Å². The molecule has 0 unspecified atom stereocenters. The summed E-state index contributed by atoms with van der Waals surface area (Å²) in [7, 11) is 0. The standard InChI is InChI=1S/C12H12N4O2/c17-12(18)9-4-8-11(15-6-14-8)10(16-9)7-2-1-3-13-5-7/h1-3,5-6,9-10,16H,4H2,(H,14,15)(H,17,18)/t9-,10-/m0/s1. The maximum Gasteiger partial charge on any atom is 0.158 e. The van der Waals surface area contributed by atoms with Crippen molar-refractivity contribution < 1.29 is 15.2 Å². The molecule has 0 aliphatic carbocycles. The number of nitrogens with zero attached hydrogens (tertiary/aromatic N) is 2. The molecule has 2 aromatic rings. The Balaban J connectivity index is 2.02. The van der Waals surface area contributed by atoms with Crippen molar-refractivity contribution >= 4 is 5.97 Å². The lowest BCUT2D eigenvalue weighted by atomic mass is 9.95. The van der Waals surface area contributed by atoms with E-state index in [9.17, 15) is 9.90 Å². The highest BCUT2D eigenvalue weighted by molar-refractivity contribution is 5.70. The number of aromatic nitrogens is 3. The van der Waals surface area contributed by atoms with Crippen LogP contribution in [0.3, 0.4) is 0 Å². The second-order valence-corrected chi connectivity index (χ2v) is 4.35. The zero-order chi connectivity index (χ0) is 12.5. The molecule has 6 heteroatoms. The maximum atomic E-state index is 11.1. The molecule has 2 atom stereocenters. The third-order valence-corrected chi connectivity index (χ3v) is 3.24. The minimum atomic E-state index is -1.05. The Labute approximate surface area is 103 Å². The van der Waals surface area contributed by atoms with Crippen LogP contribution in [0, 0.1) is 0 Å². The number of carbonyl (C=O) groups is 1. The fourth-order valence-corrected chi connectivity index (χ4v) is 2.37. The van der Waals surface area contributed by atoms with Crippen LogP contribution in [0.2, 0.25) is 0 Å². The van der Waals surface area contributed by atoms with E-state index in [4.69, 9.17) is 0 Å². The van der Waals surface area contributed by atoms with Gasteiger partial charge in [-0.3, -0.25) is 4.98 Å². The summed E-state index contributed by atoms with van der Waals surface area (Å²) in [5, 5.41) is 12.8. The Hall–Kier alpha value is -2.21. The molecule has 0 bridgehead atoms. The number of nitrogens with one attached hydrogen (secondary N) is 1. The van der Waals surface area contributed by atoms with Gasteiger partial charge in [0, 0.05) is 24.4 Å². The van der Waals surface area contributed by atoms with E-state index in [-0.39, 0.29) is 6.04 Å². The largest absolute Gasteiger partial charge is 0.544 e. The van der Waals surface area contributed by atoms with Crippen molar-refractivity contribution in [2.24, 2.45) is 0 Å². The van der Waals surface area contributed by atoms with Gasteiger partial charge in [0.2, 0.25) is 0 Å². The second kappa shape index (κ2) is 4.23. The predicted molar refractivity (Wildman–Crippen MR) is 59.1 cm³/mol. The average Bonchev–Trinajstić information content (AvgIpc) is 2.86. The molecular weight excluding hydrogens is 232 g/mol. The lowest BCUT2D eigenvalue weighted by Crippen LogP contribution is -2.95. The fourth-order valence-electron chi connectivity index (χ4n) is 2.37. The van der Waals surface area contributed by atoms with Gasteiger partial charge in [-0.15, -0.1) is 0 Å². The van der Waals surface area contributed by atoms with Crippen LogP contribution < -0.4 is 10.4 Å². The van der Waals surface area contributed by atoms with Crippen LogP contribution in [0.5, 0.6) is 0 Å². The number of carboxylic acid groups (broad SMARTS) is 1. The van der Waals surface area contributed by atoms with E-state index >= 15 is 0 Å². The van der Waals surface area contributed by atoms with E-state index in [1.54, 1.807) is 24.0 Å². The summed E-state index contributed by atoms with van der Waals surface area (Å²) in [6, 6.07) is 3.02. The van der Waals surface area contributed by atoms with Gasteiger partial charge in [-0.25, -0.2) is 4.98 Å². The molecule has 3 N–H and O–H groups in total. The van der Waals surface area contributed by atoms with Gasteiger partial charge >= 0.3 is 0 Å².